The van der Waals surface area contributed by atoms with E-state index in [2.05, 4.69) is 31.2 Å². The van der Waals surface area contributed by atoms with Crippen molar-refractivity contribution in [3.05, 3.63) is 35.9 Å². The number of rotatable bonds is 1. The van der Waals surface area contributed by atoms with Crippen LogP contribution in [0.15, 0.2) is 30.3 Å². The Morgan fingerprint density at radius 3 is 2.75 bits per heavy atom. The van der Waals surface area contributed by atoms with Crippen molar-refractivity contribution in [3.63, 3.8) is 0 Å². The van der Waals surface area contributed by atoms with Crippen LogP contribution >= 0.6 is 0 Å². The number of hydrogen-bond donors (Lipinski definition) is 0. The van der Waals surface area contributed by atoms with Gasteiger partial charge >= 0.3 is 5.97 Å². The van der Waals surface area contributed by atoms with Crippen LogP contribution in [0.1, 0.15) is 37.7 Å². The van der Waals surface area contributed by atoms with Gasteiger partial charge in [-0.25, -0.2) is 0 Å². The fourth-order valence-corrected chi connectivity index (χ4v) is 3.24. The van der Waals surface area contributed by atoms with E-state index in [1.54, 1.807) is 0 Å². The average Bonchev–Trinajstić information content (AvgIpc) is 2.70. The Bertz CT molecular complexity index is 412. The molecule has 1 aromatic carbocycles. The number of fused-ring (bicyclic) bond motifs is 1. The summed E-state index contributed by atoms with van der Waals surface area (Å²) < 4.78 is 5.49. The first-order valence-electron chi connectivity index (χ1n) is 5.94. The molecule has 84 valence electrons. The second kappa shape index (κ2) is 3.34. The molecule has 3 atom stereocenters. The molecule has 0 radical (unpaired) electrons. The summed E-state index contributed by atoms with van der Waals surface area (Å²) in [7, 11) is 0. The lowest BCUT2D eigenvalue weighted by molar-refractivity contribution is -0.147. The largest absolute Gasteiger partial charge is 0.459 e. The summed E-state index contributed by atoms with van der Waals surface area (Å²) in [5.74, 6) is 0.966. The van der Waals surface area contributed by atoms with E-state index in [-0.39, 0.29) is 11.6 Å². The molecule has 1 saturated carbocycles. The van der Waals surface area contributed by atoms with Crippen LogP contribution in [0, 0.1) is 5.92 Å². The second-order valence-electron chi connectivity index (χ2n) is 5.24. The maximum atomic E-state index is 11.3. The predicted octanol–water partition coefficient (Wildman–Crippen LogP) is 2.89. The minimum atomic E-state index is -0.197. The van der Waals surface area contributed by atoms with E-state index in [0.29, 0.717) is 18.3 Å². The third kappa shape index (κ3) is 1.44. The van der Waals surface area contributed by atoms with Crippen molar-refractivity contribution >= 4 is 5.97 Å². The molecule has 1 aromatic rings. The minimum absolute atomic E-state index is 0.0148. The van der Waals surface area contributed by atoms with E-state index in [0.717, 1.165) is 12.8 Å². The quantitative estimate of drug-likeness (QED) is 0.675. The van der Waals surface area contributed by atoms with Gasteiger partial charge in [-0.05, 0) is 31.2 Å². The van der Waals surface area contributed by atoms with Gasteiger partial charge in [0.25, 0.3) is 0 Å². The third-order valence-electron chi connectivity index (χ3n) is 4.12. The number of carbonyl (C=O) groups is 1. The molecular weight excluding hydrogens is 200 g/mol. The smallest absolute Gasteiger partial charge is 0.306 e. The summed E-state index contributed by atoms with van der Waals surface area (Å²) in [6.07, 6.45) is 2.68. The van der Waals surface area contributed by atoms with Crippen LogP contribution in [-0.2, 0) is 9.53 Å². The molecule has 0 amide bonds. The van der Waals surface area contributed by atoms with Crippen molar-refractivity contribution in [2.45, 2.75) is 37.7 Å². The SMILES string of the molecule is C[C@@]12C[C@H](c3ccccc3)C[C@@H]1CC(=O)O2. The van der Waals surface area contributed by atoms with Gasteiger partial charge in [-0.2, -0.15) is 0 Å². The van der Waals surface area contributed by atoms with Crippen molar-refractivity contribution in [3.8, 4) is 0 Å². The van der Waals surface area contributed by atoms with E-state index in [9.17, 15) is 4.79 Å². The summed E-state index contributed by atoms with van der Waals surface area (Å²) in [5.41, 5.74) is 1.19. The monoisotopic (exact) mass is 216 g/mol. The van der Waals surface area contributed by atoms with E-state index >= 15 is 0 Å². The van der Waals surface area contributed by atoms with Crippen molar-refractivity contribution in [1.82, 2.24) is 0 Å². The van der Waals surface area contributed by atoms with Crippen molar-refractivity contribution in [2.75, 3.05) is 0 Å². The number of esters is 1. The second-order valence-corrected chi connectivity index (χ2v) is 5.24. The van der Waals surface area contributed by atoms with Gasteiger partial charge < -0.3 is 4.74 Å². The van der Waals surface area contributed by atoms with Gasteiger partial charge in [0.15, 0.2) is 0 Å². The van der Waals surface area contributed by atoms with Crippen LogP contribution in [0.3, 0.4) is 0 Å². The van der Waals surface area contributed by atoms with E-state index in [1.165, 1.54) is 5.56 Å². The van der Waals surface area contributed by atoms with Crippen molar-refractivity contribution in [2.24, 2.45) is 5.92 Å². The normalized spacial score (nSPS) is 37.2. The lowest BCUT2D eigenvalue weighted by atomic mass is 9.93. The molecule has 2 fully saturated rings. The summed E-state index contributed by atoms with van der Waals surface area (Å²) in [6.45, 7) is 2.09. The van der Waals surface area contributed by atoms with Gasteiger partial charge in [0, 0.05) is 5.92 Å². The molecule has 2 heteroatoms. The molecule has 0 aromatic heterocycles. The molecule has 1 aliphatic heterocycles. The zero-order valence-corrected chi connectivity index (χ0v) is 9.48. The minimum Gasteiger partial charge on any atom is -0.459 e. The summed E-state index contributed by atoms with van der Waals surface area (Å²) in [5, 5.41) is 0. The molecule has 0 unspecified atom stereocenters. The molecule has 2 nitrogen and oxygen atoms in total. The first kappa shape index (κ1) is 9.88. The first-order chi connectivity index (χ1) is 7.67. The third-order valence-corrected chi connectivity index (χ3v) is 4.12. The highest BCUT2D eigenvalue weighted by molar-refractivity contribution is 5.73. The van der Waals surface area contributed by atoms with Crippen LogP contribution in [0.2, 0.25) is 0 Å². The van der Waals surface area contributed by atoms with Crippen LogP contribution in [0.5, 0.6) is 0 Å². The van der Waals surface area contributed by atoms with Crippen LogP contribution in [0.25, 0.3) is 0 Å². The molecule has 16 heavy (non-hydrogen) atoms. The zero-order chi connectivity index (χ0) is 11.2. The summed E-state index contributed by atoms with van der Waals surface area (Å²) in [6, 6.07) is 10.6. The Morgan fingerprint density at radius 2 is 2.06 bits per heavy atom. The van der Waals surface area contributed by atoms with Crippen LogP contribution in [-0.4, -0.2) is 11.6 Å². The van der Waals surface area contributed by atoms with Crippen molar-refractivity contribution < 1.29 is 9.53 Å². The van der Waals surface area contributed by atoms with Crippen molar-refractivity contribution in [1.29, 1.82) is 0 Å². The molecular formula is C14H16O2. The summed E-state index contributed by atoms with van der Waals surface area (Å²) >= 11 is 0. The van der Waals surface area contributed by atoms with Crippen LogP contribution in [0.4, 0.5) is 0 Å². The van der Waals surface area contributed by atoms with Gasteiger partial charge in [0.2, 0.25) is 0 Å². The van der Waals surface area contributed by atoms with Gasteiger partial charge in [-0.15, -0.1) is 0 Å². The Labute approximate surface area is 95.6 Å². The Hall–Kier alpha value is -1.31. The lowest BCUT2D eigenvalue weighted by Gasteiger charge is -2.22. The fraction of sp³-hybridized carbons (Fsp3) is 0.500. The number of hydrogen-bond acceptors (Lipinski definition) is 2. The van der Waals surface area contributed by atoms with Gasteiger partial charge in [-0.1, -0.05) is 30.3 Å². The first-order valence-corrected chi connectivity index (χ1v) is 5.94. The van der Waals surface area contributed by atoms with Gasteiger partial charge in [0.1, 0.15) is 5.60 Å². The topological polar surface area (TPSA) is 26.3 Å². The van der Waals surface area contributed by atoms with Gasteiger partial charge in [0.05, 0.1) is 6.42 Å². The lowest BCUT2D eigenvalue weighted by Crippen LogP contribution is -2.26. The van der Waals surface area contributed by atoms with Crippen LogP contribution < -0.4 is 0 Å². The van der Waals surface area contributed by atoms with E-state index in [1.807, 2.05) is 6.07 Å². The van der Waals surface area contributed by atoms with E-state index < -0.39 is 0 Å². The molecule has 2 aliphatic rings. The van der Waals surface area contributed by atoms with Gasteiger partial charge in [-0.3, -0.25) is 4.79 Å². The zero-order valence-electron chi connectivity index (χ0n) is 9.48. The van der Waals surface area contributed by atoms with E-state index in [4.69, 9.17) is 4.74 Å². The summed E-state index contributed by atoms with van der Waals surface area (Å²) in [4.78, 5) is 11.3. The predicted molar refractivity (Wildman–Crippen MR) is 61.0 cm³/mol. The maximum absolute atomic E-state index is 11.3. The highest BCUT2D eigenvalue weighted by Crippen LogP contribution is 2.51. The average molecular weight is 216 g/mol. The highest BCUT2D eigenvalue weighted by atomic mass is 16.6. The Kier molecular flexibility index (Phi) is 2.06. The molecule has 0 bridgehead atoms. The fourth-order valence-electron chi connectivity index (χ4n) is 3.24. The standard InChI is InChI=1S/C14H16O2/c1-14-9-11(10-5-3-2-4-6-10)7-12(14)8-13(15)16-14/h2-6,11-12H,7-9H2,1H3/t11-,12-,14-/m1/s1. The number of benzene rings is 1. The molecule has 3 rings (SSSR count). The molecule has 0 spiro atoms. The molecule has 0 N–H and O–H groups in total. The highest BCUT2D eigenvalue weighted by Gasteiger charge is 2.52. The molecule has 1 heterocycles. The Morgan fingerprint density at radius 1 is 1.31 bits per heavy atom. The molecule has 1 aliphatic carbocycles. The molecule has 1 saturated heterocycles. The number of carbonyl (C=O) groups excluding carboxylic acids is 1. The maximum Gasteiger partial charge on any atom is 0.306 e. The Balaban J connectivity index is 1.83. The number of ether oxygens (including phenoxy) is 1.